The van der Waals surface area contributed by atoms with E-state index >= 15 is 0 Å². The van der Waals surface area contributed by atoms with Crippen LogP contribution in [0.4, 0.5) is 0 Å². The molecule has 0 bridgehead atoms. The number of rotatable bonds is 12. The molecule has 0 spiro atoms. The molecule has 0 N–H and O–H groups in total. The van der Waals surface area contributed by atoms with Crippen molar-refractivity contribution in [3.05, 3.63) is 47.0 Å². The Labute approximate surface area is 263 Å². The average molecular weight is 623 g/mol. The molecule has 1 saturated heterocycles. The summed E-state index contributed by atoms with van der Waals surface area (Å²) in [6.07, 6.45) is 0.319. The maximum Gasteiger partial charge on any atom is 0.231 e. The van der Waals surface area contributed by atoms with Gasteiger partial charge in [-0.2, -0.15) is 0 Å². The predicted molar refractivity (Wildman–Crippen MR) is 165 cm³/mol. The first-order chi connectivity index (χ1) is 21.4. The van der Waals surface area contributed by atoms with Crippen molar-refractivity contribution in [2.24, 2.45) is 5.92 Å². The van der Waals surface area contributed by atoms with Gasteiger partial charge in [0.2, 0.25) is 25.4 Å². The van der Waals surface area contributed by atoms with Crippen molar-refractivity contribution < 1.29 is 38.1 Å². The Bertz CT molecular complexity index is 1490. The highest BCUT2D eigenvalue weighted by Gasteiger charge is 2.40. The third-order valence-corrected chi connectivity index (χ3v) is 9.13. The number of carbonyl (C=O) groups excluding carboxylic acids is 4. The van der Waals surface area contributed by atoms with E-state index in [4.69, 9.17) is 18.9 Å². The van der Waals surface area contributed by atoms with Crippen molar-refractivity contribution in [2.75, 3.05) is 61.4 Å². The summed E-state index contributed by atoms with van der Waals surface area (Å²) in [4.78, 5) is 59.8. The van der Waals surface area contributed by atoms with Gasteiger partial charge in [-0.15, -0.1) is 0 Å². The first-order valence-corrected chi connectivity index (χ1v) is 15.2. The Kier molecular flexibility index (Phi) is 9.36. The molecule has 12 heteroatoms. The lowest BCUT2D eigenvalue weighted by molar-refractivity contribution is -0.142. The zero-order chi connectivity index (χ0) is 32.6. The molecule has 0 aliphatic carbocycles. The van der Waals surface area contributed by atoms with Gasteiger partial charge in [0.25, 0.3) is 0 Å². The number of benzene rings is 2. The highest BCUT2D eigenvalue weighted by atomic mass is 16.7. The first kappa shape index (κ1) is 32.2. The Morgan fingerprint density at radius 1 is 0.778 bits per heavy atom. The summed E-state index contributed by atoms with van der Waals surface area (Å²) in [5.41, 5.74) is 1.68. The predicted octanol–water partition coefficient (Wildman–Crippen LogP) is 2.85. The van der Waals surface area contributed by atoms with E-state index in [0.717, 1.165) is 5.56 Å². The van der Waals surface area contributed by atoms with Gasteiger partial charge in [0, 0.05) is 62.9 Å². The number of hydrogen-bond acceptors (Lipinski definition) is 10. The van der Waals surface area contributed by atoms with Crippen LogP contribution in [0.2, 0.25) is 0 Å². The van der Waals surface area contributed by atoms with Crippen molar-refractivity contribution in [3.63, 3.8) is 0 Å². The number of likely N-dealkylation sites (tertiary alicyclic amines) is 1. The Morgan fingerprint density at radius 3 is 2.09 bits per heavy atom. The highest BCUT2D eigenvalue weighted by molar-refractivity contribution is 6.03. The molecular weight excluding hydrogens is 580 g/mol. The van der Waals surface area contributed by atoms with Gasteiger partial charge in [-0.25, -0.2) is 0 Å². The maximum atomic E-state index is 13.5. The lowest BCUT2D eigenvalue weighted by atomic mass is 9.91. The average Bonchev–Trinajstić information content (AvgIpc) is 3.69. The van der Waals surface area contributed by atoms with Crippen LogP contribution in [0.3, 0.4) is 0 Å². The minimum absolute atomic E-state index is 0.0480. The van der Waals surface area contributed by atoms with Gasteiger partial charge in [0.05, 0.1) is 18.0 Å². The second-order valence-electron chi connectivity index (χ2n) is 12.3. The van der Waals surface area contributed by atoms with Crippen molar-refractivity contribution in [3.8, 4) is 23.0 Å². The summed E-state index contributed by atoms with van der Waals surface area (Å²) in [5.74, 6) is 1.32. The maximum absolute atomic E-state index is 13.5. The van der Waals surface area contributed by atoms with E-state index < -0.39 is 12.1 Å². The van der Waals surface area contributed by atoms with Gasteiger partial charge in [-0.1, -0.05) is 0 Å². The molecule has 0 saturated carbocycles. The molecule has 0 radical (unpaired) electrons. The number of Topliss-reactive ketones (excluding diaryl/α,β-unsaturated/α-hetero) is 2. The summed E-state index contributed by atoms with van der Waals surface area (Å²) in [5, 5.41) is 0. The minimum Gasteiger partial charge on any atom is -0.454 e. The second-order valence-corrected chi connectivity index (χ2v) is 12.3. The van der Waals surface area contributed by atoms with Crippen LogP contribution in [0.5, 0.6) is 23.0 Å². The SMILES string of the molecule is CC(c1cc(C(=O)C(C)N(C)C(=O)CCN(C)C)cc2c1OCO2)N1CC(C(=O)N(C)C(C)C(=O)c2ccc3c(c2)OCO3)C1. The van der Waals surface area contributed by atoms with Crippen LogP contribution >= 0.6 is 0 Å². The van der Waals surface area contributed by atoms with Crippen LogP contribution < -0.4 is 18.9 Å². The molecule has 12 nitrogen and oxygen atoms in total. The topological polar surface area (TPSA) is 118 Å². The van der Waals surface area contributed by atoms with Gasteiger partial charge in [0.1, 0.15) is 0 Å². The quantitative estimate of drug-likeness (QED) is 0.327. The van der Waals surface area contributed by atoms with Crippen LogP contribution in [-0.4, -0.2) is 116 Å². The summed E-state index contributed by atoms with van der Waals surface area (Å²) < 4.78 is 22.2. The number of hydrogen-bond donors (Lipinski definition) is 0. The van der Waals surface area contributed by atoms with E-state index in [-0.39, 0.29) is 48.9 Å². The van der Waals surface area contributed by atoms with E-state index in [1.165, 1.54) is 9.80 Å². The fourth-order valence-electron chi connectivity index (χ4n) is 5.75. The molecule has 3 aliphatic heterocycles. The van der Waals surface area contributed by atoms with Crippen molar-refractivity contribution in [1.29, 1.82) is 0 Å². The third-order valence-electron chi connectivity index (χ3n) is 9.13. The molecular formula is C33H42N4O8. The second kappa shape index (κ2) is 13.1. The van der Waals surface area contributed by atoms with E-state index in [1.807, 2.05) is 32.0 Å². The lowest BCUT2D eigenvalue weighted by Crippen LogP contribution is -2.56. The van der Waals surface area contributed by atoms with Gasteiger partial charge in [-0.05, 0) is 65.2 Å². The molecule has 3 atom stereocenters. The van der Waals surface area contributed by atoms with E-state index in [1.54, 1.807) is 52.2 Å². The lowest BCUT2D eigenvalue weighted by Gasteiger charge is -2.44. The van der Waals surface area contributed by atoms with Crippen molar-refractivity contribution >= 4 is 23.4 Å². The first-order valence-electron chi connectivity index (χ1n) is 15.2. The Balaban J connectivity index is 1.23. The molecule has 1 fully saturated rings. The smallest absolute Gasteiger partial charge is 0.231 e. The molecule has 45 heavy (non-hydrogen) atoms. The monoisotopic (exact) mass is 622 g/mol. The largest absolute Gasteiger partial charge is 0.454 e. The molecule has 2 amide bonds. The summed E-state index contributed by atoms with van der Waals surface area (Å²) >= 11 is 0. The Morgan fingerprint density at radius 2 is 1.38 bits per heavy atom. The molecule has 5 rings (SSSR count). The van der Waals surface area contributed by atoms with Crippen LogP contribution in [0.1, 0.15) is 59.5 Å². The van der Waals surface area contributed by atoms with Crippen molar-refractivity contribution in [2.45, 2.75) is 45.3 Å². The fourth-order valence-corrected chi connectivity index (χ4v) is 5.75. The molecule has 3 heterocycles. The van der Waals surface area contributed by atoms with Gasteiger partial charge in [-0.3, -0.25) is 24.1 Å². The van der Waals surface area contributed by atoms with Gasteiger partial charge >= 0.3 is 0 Å². The van der Waals surface area contributed by atoms with Crippen molar-refractivity contribution in [1.82, 2.24) is 19.6 Å². The van der Waals surface area contributed by atoms with E-state index in [9.17, 15) is 19.2 Å². The standard InChI is InChI=1S/C33H42N4O8/c1-19(25-12-23(14-28-32(25)45-18-44-28)31(40)20(2)35(6)29(38)10-11-34(4)5)37-15-24(16-37)33(41)36(7)21(3)30(39)22-8-9-26-27(13-22)43-17-42-26/h8-9,12-14,19-21,24H,10-11,15-18H2,1-7H3. The molecule has 3 unspecified atom stereocenters. The zero-order valence-electron chi connectivity index (χ0n) is 27.0. The molecule has 0 aromatic heterocycles. The van der Waals surface area contributed by atoms with Crippen LogP contribution in [-0.2, 0) is 9.59 Å². The molecule has 2 aromatic carbocycles. The molecule has 242 valence electrons. The van der Waals surface area contributed by atoms with Crippen LogP contribution in [0.15, 0.2) is 30.3 Å². The van der Waals surface area contributed by atoms with Crippen LogP contribution in [0.25, 0.3) is 0 Å². The number of amides is 2. The number of likely N-dealkylation sites (N-methyl/N-ethyl adjacent to an activating group) is 2. The number of nitrogens with zero attached hydrogens (tertiary/aromatic N) is 4. The third kappa shape index (κ3) is 6.48. The zero-order valence-corrected chi connectivity index (χ0v) is 27.0. The van der Waals surface area contributed by atoms with E-state index in [2.05, 4.69) is 4.90 Å². The summed E-state index contributed by atoms with van der Waals surface area (Å²) in [6.45, 7) is 7.19. The molecule has 2 aromatic rings. The normalized spacial score (nSPS) is 17.4. The highest BCUT2D eigenvalue weighted by Crippen LogP contribution is 2.43. The van der Waals surface area contributed by atoms with Crippen LogP contribution in [0, 0.1) is 5.92 Å². The number of carbonyl (C=O) groups is 4. The number of fused-ring (bicyclic) bond motifs is 2. The van der Waals surface area contributed by atoms with E-state index in [0.29, 0.717) is 60.2 Å². The minimum atomic E-state index is -0.660. The number of ether oxygens (including phenoxy) is 4. The summed E-state index contributed by atoms with van der Waals surface area (Å²) in [6, 6.07) is 7.02. The fraction of sp³-hybridized carbons (Fsp3) is 0.515. The number of ketones is 2. The molecule has 3 aliphatic rings. The summed E-state index contributed by atoms with van der Waals surface area (Å²) in [7, 11) is 7.10. The van der Waals surface area contributed by atoms with Gasteiger partial charge < -0.3 is 33.6 Å². The van der Waals surface area contributed by atoms with Gasteiger partial charge in [0.15, 0.2) is 34.6 Å². The Hall–Kier alpha value is -4.16.